The Morgan fingerprint density at radius 3 is 2.57 bits per heavy atom. The number of rotatable bonds is 6. The number of nitrogens with zero attached hydrogens (tertiary/aromatic N) is 1. The molecule has 1 unspecified atom stereocenters. The fraction of sp³-hybridized carbons (Fsp3) is 0.167. The van der Waals surface area contributed by atoms with Crippen molar-refractivity contribution in [2.24, 2.45) is 0 Å². The molecule has 1 aromatic heterocycles. The van der Waals surface area contributed by atoms with Crippen LogP contribution in [0.15, 0.2) is 60.0 Å². The molecule has 0 saturated heterocycles. The summed E-state index contributed by atoms with van der Waals surface area (Å²) in [6.07, 6.45) is 0.125. The first-order valence-electron chi connectivity index (χ1n) is 7.38. The number of thiazole rings is 1. The molecule has 0 bridgehead atoms. The van der Waals surface area contributed by atoms with Gasteiger partial charge in [-0.15, -0.1) is 11.3 Å². The topological polar surface area (TPSA) is 45.1 Å². The number of aromatic nitrogens is 1. The molecular formula is C18H17FN2OS. The van der Waals surface area contributed by atoms with Gasteiger partial charge in [-0.05, 0) is 29.8 Å². The van der Waals surface area contributed by atoms with Gasteiger partial charge >= 0.3 is 0 Å². The van der Waals surface area contributed by atoms with Crippen molar-refractivity contribution in [2.45, 2.75) is 12.5 Å². The molecule has 0 aliphatic heterocycles. The summed E-state index contributed by atoms with van der Waals surface area (Å²) in [4.78, 5) is 4.46. The van der Waals surface area contributed by atoms with E-state index in [1.807, 2.05) is 35.7 Å². The minimum absolute atomic E-state index is 0.258. The molecule has 118 valence electrons. The van der Waals surface area contributed by atoms with Gasteiger partial charge in [0.05, 0.1) is 11.8 Å². The van der Waals surface area contributed by atoms with E-state index in [0.29, 0.717) is 13.0 Å². The van der Waals surface area contributed by atoms with Gasteiger partial charge in [-0.3, -0.25) is 0 Å². The summed E-state index contributed by atoms with van der Waals surface area (Å²) in [6, 6.07) is 16.1. The van der Waals surface area contributed by atoms with E-state index in [0.717, 1.165) is 22.0 Å². The third kappa shape index (κ3) is 4.37. The first-order chi connectivity index (χ1) is 11.2. The van der Waals surface area contributed by atoms with E-state index < -0.39 is 6.10 Å². The molecule has 0 aliphatic rings. The summed E-state index contributed by atoms with van der Waals surface area (Å²) in [5.41, 5.74) is 2.78. The van der Waals surface area contributed by atoms with Gasteiger partial charge in [-0.2, -0.15) is 0 Å². The van der Waals surface area contributed by atoms with Crippen molar-refractivity contribution in [2.75, 3.05) is 11.9 Å². The van der Waals surface area contributed by atoms with Crippen LogP contribution < -0.4 is 5.32 Å². The Morgan fingerprint density at radius 2 is 1.83 bits per heavy atom. The van der Waals surface area contributed by atoms with Gasteiger partial charge < -0.3 is 10.4 Å². The van der Waals surface area contributed by atoms with Crippen LogP contribution in [-0.2, 0) is 6.42 Å². The number of anilines is 1. The smallest absolute Gasteiger partial charge is 0.183 e. The predicted molar refractivity (Wildman–Crippen MR) is 92.2 cm³/mol. The van der Waals surface area contributed by atoms with E-state index >= 15 is 0 Å². The van der Waals surface area contributed by atoms with Crippen molar-refractivity contribution in [3.8, 4) is 11.3 Å². The van der Waals surface area contributed by atoms with Crippen molar-refractivity contribution in [1.82, 2.24) is 4.98 Å². The van der Waals surface area contributed by atoms with Crippen molar-refractivity contribution in [1.29, 1.82) is 0 Å². The Morgan fingerprint density at radius 1 is 1.09 bits per heavy atom. The molecule has 3 nitrogen and oxygen atoms in total. The Hall–Kier alpha value is -2.24. The van der Waals surface area contributed by atoms with Crippen LogP contribution in [0.3, 0.4) is 0 Å². The van der Waals surface area contributed by atoms with Crippen LogP contribution in [-0.4, -0.2) is 22.7 Å². The van der Waals surface area contributed by atoms with E-state index in [1.165, 1.54) is 23.5 Å². The van der Waals surface area contributed by atoms with Crippen LogP contribution in [0.1, 0.15) is 5.56 Å². The maximum atomic E-state index is 12.9. The molecule has 0 radical (unpaired) electrons. The van der Waals surface area contributed by atoms with Gasteiger partial charge in [-0.25, -0.2) is 9.37 Å². The van der Waals surface area contributed by atoms with Crippen LogP contribution in [0, 0.1) is 5.82 Å². The quantitative estimate of drug-likeness (QED) is 0.720. The van der Waals surface area contributed by atoms with E-state index in [2.05, 4.69) is 10.3 Å². The summed E-state index contributed by atoms with van der Waals surface area (Å²) in [6.45, 7) is 0.436. The lowest BCUT2D eigenvalue weighted by atomic mass is 10.1. The molecule has 2 aromatic carbocycles. The molecule has 2 N–H and O–H groups in total. The molecule has 3 rings (SSSR count). The molecule has 0 amide bonds. The fourth-order valence-corrected chi connectivity index (χ4v) is 3.00. The van der Waals surface area contributed by atoms with Gasteiger partial charge in [0, 0.05) is 23.9 Å². The van der Waals surface area contributed by atoms with E-state index in [4.69, 9.17) is 0 Å². The van der Waals surface area contributed by atoms with Crippen molar-refractivity contribution in [3.05, 3.63) is 71.4 Å². The first kappa shape index (κ1) is 15.6. The zero-order valence-electron chi connectivity index (χ0n) is 12.4. The number of benzene rings is 2. The van der Waals surface area contributed by atoms with Gasteiger partial charge in [0.15, 0.2) is 5.13 Å². The number of hydrogen-bond acceptors (Lipinski definition) is 4. The third-order valence-corrected chi connectivity index (χ3v) is 4.25. The highest BCUT2D eigenvalue weighted by Crippen LogP contribution is 2.25. The van der Waals surface area contributed by atoms with Crippen molar-refractivity contribution in [3.63, 3.8) is 0 Å². The molecule has 0 saturated carbocycles. The lowest BCUT2D eigenvalue weighted by Gasteiger charge is -2.11. The van der Waals surface area contributed by atoms with Crippen LogP contribution in [0.25, 0.3) is 11.3 Å². The lowest BCUT2D eigenvalue weighted by molar-refractivity contribution is 0.188. The molecule has 0 fully saturated rings. The van der Waals surface area contributed by atoms with Gasteiger partial charge in [0.25, 0.3) is 0 Å². The molecular weight excluding hydrogens is 311 g/mol. The Balaban J connectivity index is 1.56. The van der Waals surface area contributed by atoms with E-state index in [1.54, 1.807) is 12.1 Å². The number of nitrogens with one attached hydrogen (secondary N) is 1. The highest BCUT2D eigenvalue weighted by Gasteiger charge is 2.08. The summed E-state index contributed by atoms with van der Waals surface area (Å²) in [5, 5.41) is 15.9. The number of hydrogen-bond donors (Lipinski definition) is 2. The van der Waals surface area contributed by atoms with Gasteiger partial charge in [-0.1, -0.05) is 30.3 Å². The highest BCUT2D eigenvalue weighted by molar-refractivity contribution is 7.14. The normalized spacial score (nSPS) is 12.1. The van der Waals surface area contributed by atoms with Crippen molar-refractivity contribution < 1.29 is 9.50 Å². The van der Waals surface area contributed by atoms with Crippen LogP contribution in [0.4, 0.5) is 9.52 Å². The molecule has 23 heavy (non-hydrogen) atoms. The summed E-state index contributed by atoms with van der Waals surface area (Å²) < 4.78 is 12.9. The van der Waals surface area contributed by atoms with Gasteiger partial charge in [0.1, 0.15) is 5.82 Å². The zero-order chi connectivity index (χ0) is 16.1. The fourth-order valence-electron chi connectivity index (χ4n) is 2.27. The van der Waals surface area contributed by atoms with E-state index in [-0.39, 0.29) is 5.82 Å². The monoisotopic (exact) mass is 328 g/mol. The largest absolute Gasteiger partial charge is 0.391 e. The van der Waals surface area contributed by atoms with Crippen molar-refractivity contribution >= 4 is 16.5 Å². The second-order valence-corrected chi connectivity index (χ2v) is 6.13. The van der Waals surface area contributed by atoms with Crippen LogP contribution >= 0.6 is 11.3 Å². The summed E-state index contributed by atoms with van der Waals surface area (Å²) in [5.74, 6) is -0.258. The molecule has 0 aliphatic carbocycles. The molecule has 1 atom stereocenters. The molecule has 0 spiro atoms. The standard InChI is InChI=1S/C18H17FN2OS/c19-15-8-6-14(7-9-15)17-12-23-18(21-17)20-11-16(22)10-13-4-2-1-3-5-13/h1-9,12,16,22H,10-11H2,(H,20,21). The minimum atomic E-state index is -0.476. The maximum absolute atomic E-state index is 12.9. The van der Waals surface area contributed by atoms with E-state index in [9.17, 15) is 9.50 Å². The molecule has 1 heterocycles. The Bertz CT molecular complexity index is 743. The zero-order valence-corrected chi connectivity index (χ0v) is 13.3. The lowest BCUT2D eigenvalue weighted by Crippen LogP contribution is -2.21. The maximum Gasteiger partial charge on any atom is 0.183 e. The number of halogens is 1. The summed E-state index contributed by atoms with van der Waals surface area (Å²) >= 11 is 1.47. The predicted octanol–water partition coefficient (Wildman–Crippen LogP) is 3.96. The Labute approximate surface area is 138 Å². The average molecular weight is 328 g/mol. The molecule has 5 heteroatoms. The SMILES string of the molecule is OC(CNc1nc(-c2ccc(F)cc2)cs1)Cc1ccccc1. The highest BCUT2D eigenvalue weighted by atomic mass is 32.1. The van der Waals surface area contributed by atoms with Gasteiger partial charge in [0.2, 0.25) is 0 Å². The third-order valence-electron chi connectivity index (χ3n) is 3.45. The first-order valence-corrected chi connectivity index (χ1v) is 8.26. The Kier molecular flexibility index (Phi) is 5.00. The van der Waals surface area contributed by atoms with Crippen LogP contribution in [0.5, 0.6) is 0 Å². The summed E-state index contributed by atoms with van der Waals surface area (Å²) in [7, 11) is 0. The van der Waals surface area contributed by atoms with Crippen LogP contribution in [0.2, 0.25) is 0 Å². The molecule has 3 aromatic rings. The minimum Gasteiger partial charge on any atom is -0.391 e. The second-order valence-electron chi connectivity index (χ2n) is 5.27. The second kappa shape index (κ2) is 7.35. The number of aliphatic hydroxyl groups excluding tert-OH is 1. The number of aliphatic hydroxyl groups is 1. The average Bonchev–Trinajstić information content (AvgIpc) is 3.04.